The SMILES string of the molecule is C#[N+]C(Cc1ccccc1)C(=O)CN(CC(C)C)S(=O)(=O)c1ccc(-c2csc(NC)n2)cc1. The first-order valence-electron chi connectivity index (χ1n) is 10.9. The second-order valence-electron chi connectivity index (χ2n) is 8.32. The summed E-state index contributed by atoms with van der Waals surface area (Å²) in [5.74, 6) is -0.312. The normalized spacial score (nSPS) is 12.5. The largest absolute Gasteiger partial charge is 0.365 e. The summed E-state index contributed by atoms with van der Waals surface area (Å²) in [6.45, 7) is 9.26. The minimum Gasteiger partial charge on any atom is -0.365 e. The highest BCUT2D eigenvalue weighted by Gasteiger charge is 2.34. The van der Waals surface area contributed by atoms with E-state index >= 15 is 0 Å². The summed E-state index contributed by atoms with van der Waals surface area (Å²) < 4.78 is 28.1. The van der Waals surface area contributed by atoms with Crippen LogP contribution in [-0.4, -0.2) is 49.7 Å². The number of ketones is 1. The van der Waals surface area contributed by atoms with Gasteiger partial charge in [-0.25, -0.2) is 13.4 Å². The zero-order chi connectivity index (χ0) is 24.7. The number of hydrogen-bond acceptors (Lipinski definition) is 6. The van der Waals surface area contributed by atoms with Crippen molar-refractivity contribution < 1.29 is 13.2 Å². The molecule has 0 aliphatic heterocycles. The van der Waals surface area contributed by atoms with Crippen molar-refractivity contribution in [1.82, 2.24) is 9.29 Å². The summed E-state index contributed by atoms with van der Waals surface area (Å²) in [5.41, 5.74) is 2.49. The third-order valence-corrected chi connectivity index (χ3v) is 7.92. The number of hydrogen-bond donors (Lipinski definition) is 1. The average Bonchev–Trinajstić information content (AvgIpc) is 3.32. The molecule has 0 bridgehead atoms. The predicted molar refractivity (Wildman–Crippen MR) is 138 cm³/mol. The van der Waals surface area contributed by atoms with E-state index in [-0.39, 0.29) is 29.7 Å². The van der Waals surface area contributed by atoms with Crippen LogP contribution in [0.15, 0.2) is 64.9 Å². The van der Waals surface area contributed by atoms with E-state index in [1.165, 1.54) is 15.6 Å². The molecule has 0 fully saturated rings. The molecule has 34 heavy (non-hydrogen) atoms. The standard InChI is InChI=1S/C25H29N4O3S2/c1-18(2)15-29(16-24(30)22(26-3)14-19-8-6-5-7-9-19)34(31,32)21-12-10-20(11-13-21)23-17-33-25(27-4)28-23/h3,5-13,17-18,22H,14-16H2,1-2,4H3,(H,27,28)/q+1. The molecule has 0 saturated heterocycles. The summed E-state index contributed by atoms with van der Waals surface area (Å²) in [7, 11) is -2.11. The molecule has 0 radical (unpaired) electrons. The van der Waals surface area contributed by atoms with Gasteiger partial charge in [-0.3, -0.25) is 4.79 Å². The van der Waals surface area contributed by atoms with Crippen molar-refractivity contribution in [3.8, 4) is 17.8 Å². The van der Waals surface area contributed by atoms with Gasteiger partial charge in [-0.05, 0) is 23.6 Å². The van der Waals surface area contributed by atoms with Crippen molar-refractivity contribution in [1.29, 1.82) is 0 Å². The highest BCUT2D eigenvalue weighted by molar-refractivity contribution is 7.89. The maximum atomic E-state index is 13.5. The molecular formula is C25H29N4O3S2+. The molecule has 0 saturated carbocycles. The number of Topliss-reactive ketones (excluding diaryl/α,β-unsaturated/α-hetero) is 1. The van der Waals surface area contributed by atoms with Gasteiger partial charge in [0.1, 0.15) is 0 Å². The van der Waals surface area contributed by atoms with Crippen molar-refractivity contribution in [3.63, 3.8) is 0 Å². The zero-order valence-electron chi connectivity index (χ0n) is 19.5. The van der Waals surface area contributed by atoms with E-state index in [4.69, 9.17) is 6.57 Å². The van der Waals surface area contributed by atoms with E-state index in [1.54, 1.807) is 31.3 Å². The van der Waals surface area contributed by atoms with E-state index in [2.05, 4.69) is 15.1 Å². The van der Waals surface area contributed by atoms with Crippen molar-refractivity contribution in [3.05, 3.63) is 70.4 Å². The Kier molecular flexibility index (Phi) is 8.56. The summed E-state index contributed by atoms with van der Waals surface area (Å²) in [5, 5.41) is 5.68. The Labute approximate surface area is 205 Å². The lowest BCUT2D eigenvalue weighted by molar-refractivity contribution is -0.119. The maximum Gasteiger partial charge on any atom is 0.334 e. The summed E-state index contributed by atoms with van der Waals surface area (Å²) >= 11 is 1.47. The van der Waals surface area contributed by atoms with Crippen LogP contribution in [0.3, 0.4) is 0 Å². The Morgan fingerprint density at radius 3 is 2.38 bits per heavy atom. The number of thiazole rings is 1. The Bertz CT molecular complexity index is 1250. The molecule has 1 N–H and O–H groups in total. The number of aromatic nitrogens is 1. The number of nitrogens with zero attached hydrogens (tertiary/aromatic N) is 3. The van der Waals surface area contributed by atoms with Crippen molar-refractivity contribution in [2.45, 2.75) is 31.2 Å². The van der Waals surface area contributed by atoms with E-state index in [9.17, 15) is 13.2 Å². The molecule has 178 valence electrons. The average molecular weight is 498 g/mol. The molecule has 3 aromatic rings. The minimum atomic E-state index is -3.90. The first-order chi connectivity index (χ1) is 16.2. The number of anilines is 1. The fraction of sp³-hybridized carbons (Fsp3) is 0.320. The quantitative estimate of drug-likeness (QED) is 0.417. The Morgan fingerprint density at radius 2 is 1.82 bits per heavy atom. The fourth-order valence-electron chi connectivity index (χ4n) is 3.49. The van der Waals surface area contributed by atoms with Gasteiger partial charge in [0.2, 0.25) is 15.8 Å². The molecule has 0 spiro atoms. The lowest BCUT2D eigenvalue weighted by Gasteiger charge is -2.23. The van der Waals surface area contributed by atoms with Crippen LogP contribution in [0.2, 0.25) is 0 Å². The summed E-state index contributed by atoms with van der Waals surface area (Å²) in [6, 6.07) is 15.1. The van der Waals surface area contributed by atoms with Gasteiger partial charge in [-0.2, -0.15) is 4.31 Å². The molecule has 1 aromatic heterocycles. The molecule has 7 nitrogen and oxygen atoms in total. The highest BCUT2D eigenvalue weighted by atomic mass is 32.2. The van der Waals surface area contributed by atoms with Gasteiger partial charge >= 0.3 is 6.04 Å². The second-order valence-corrected chi connectivity index (χ2v) is 11.1. The van der Waals surface area contributed by atoms with Crippen LogP contribution < -0.4 is 5.32 Å². The number of benzene rings is 2. The Morgan fingerprint density at radius 1 is 1.15 bits per heavy atom. The first kappa shape index (κ1) is 25.6. The van der Waals surface area contributed by atoms with Crippen LogP contribution in [0.4, 0.5) is 5.13 Å². The maximum absolute atomic E-state index is 13.5. The summed E-state index contributed by atoms with van der Waals surface area (Å²) in [4.78, 5) is 21.3. The molecule has 2 aromatic carbocycles. The van der Waals surface area contributed by atoms with E-state index in [1.807, 2.05) is 49.6 Å². The smallest absolute Gasteiger partial charge is 0.334 e. The van der Waals surface area contributed by atoms with Crippen molar-refractivity contribution in [2.24, 2.45) is 5.92 Å². The topological polar surface area (TPSA) is 83.7 Å². The van der Waals surface area contributed by atoms with Crippen LogP contribution in [0.1, 0.15) is 19.4 Å². The van der Waals surface area contributed by atoms with Gasteiger partial charge in [0, 0.05) is 24.5 Å². The molecule has 0 amide bonds. The Hall–Kier alpha value is -3.06. The Balaban J connectivity index is 1.81. The number of carbonyl (C=O) groups is 1. The number of carbonyl (C=O) groups excluding carboxylic acids is 1. The van der Waals surface area contributed by atoms with Gasteiger partial charge in [-0.1, -0.05) is 61.2 Å². The molecule has 0 aliphatic rings. The fourth-order valence-corrected chi connectivity index (χ4v) is 5.74. The van der Waals surface area contributed by atoms with E-state index < -0.39 is 16.1 Å². The lowest BCUT2D eigenvalue weighted by atomic mass is 10.0. The van der Waals surface area contributed by atoms with Gasteiger partial charge in [-0.15, -0.1) is 11.3 Å². The van der Waals surface area contributed by atoms with E-state index in [0.29, 0.717) is 6.42 Å². The van der Waals surface area contributed by atoms with Crippen LogP contribution in [0.5, 0.6) is 0 Å². The monoisotopic (exact) mass is 497 g/mol. The van der Waals surface area contributed by atoms with Crippen LogP contribution in [0, 0.1) is 12.5 Å². The van der Waals surface area contributed by atoms with Gasteiger partial charge in [0.15, 0.2) is 5.13 Å². The second kappa shape index (κ2) is 11.4. The molecule has 3 rings (SSSR count). The van der Waals surface area contributed by atoms with Gasteiger partial charge in [0.05, 0.1) is 23.6 Å². The van der Waals surface area contributed by atoms with Crippen molar-refractivity contribution in [2.75, 3.05) is 25.5 Å². The number of nitrogens with one attached hydrogen (secondary N) is 1. The number of rotatable bonds is 11. The first-order valence-corrected chi connectivity index (χ1v) is 13.3. The molecule has 1 heterocycles. The van der Waals surface area contributed by atoms with E-state index in [0.717, 1.165) is 22.0 Å². The lowest BCUT2D eigenvalue weighted by Crippen LogP contribution is -2.41. The van der Waals surface area contributed by atoms with Crippen molar-refractivity contribution >= 4 is 32.3 Å². The molecule has 1 unspecified atom stereocenters. The third kappa shape index (κ3) is 6.29. The predicted octanol–water partition coefficient (Wildman–Crippen LogP) is 4.64. The number of sulfonamides is 1. The molecule has 0 aliphatic carbocycles. The van der Waals surface area contributed by atoms with Crippen LogP contribution in [0.25, 0.3) is 16.1 Å². The summed E-state index contributed by atoms with van der Waals surface area (Å²) in [6.07, 6.45) is 0.322. The zero-order valence-corrected chi connectivity index (χ0v) is 21.1. The molecule has 1 atom stereocenters. The van der Waals surface area contributed by atoms with Gasteiger partial charge < -0.3 is 5.32 Å². The van der Waals surface area contributed by atoms with Crippen LogP contribution in [-0.2, 0) is 21.2 Å². The minimum absolute atomic E-state index is 0.0270. The highest BCUT2D eigenvalue weighted by Crippen LogP contribution is 2.27. The third-order valence-electron chi connectivity index (χ3n) is 5.23. The molecule has 9 heteroatoms. The molecular weight excluding hydrogens is 468 g/mol. The van der Waals surface area contributed by atoms with Gasteiger partial charge in [0.25, 0.3) is 6.57 Å². The van der Waals surface area contributed by atoms with Crippen LogP contribution >= 0.6 is 11.3 Å².